The Morgan fingerprint density at radius 3 is 2.48 bits per heavy atom. The summed E-state index contributed by atoms with van der Waals surface area (Å²) in [6.07, 6.45) is 4.94. The average Bonchev–Trinajstić information content (AvgIpc) is 2.87. The fraction of sp³-hybridized carbons (Fsp3) is 0.500. The van der Waals surface area contributed by atoms with Crippen LogP contribution in [0.1, 0.15) is 37.4 Å². The van der Waals surface area contributed by atoms with Crippen molar-refractivity contribution >= 4 is 5.90 Å². The first-order valence-electron chi connectivity index (χ1n) is 8.20. The molecule has 7 heteroatoms. The summed E-state index contributed by atoms with van der Waals surface area (Å²) < 4.78 is 12.1. The second-order valence-electron chi connectivity index (χ2n) is 6.77. The lowest BCUT2D eigenvalue weighted by Gasteiger charge is -2.51. The Hall–Kier alpha value is -2.95. The van der Waals surface area contributed by atoms with Crippen LogP contribution in [0.4, 0.5) is 0 Å². The quantitative estimate of drug-likeness (QED) is 0.841. The van der Waals surface area contributed by atoms with Gasteiger partial charge in [-0.15, -0.1) is 0 Å². The number of aromatic nitrogens is 1. The molecule has 0 spiro atoms. The Morgan fingerprint density at radius 2 is 1.84 bits per heavy atom. The highest BCUT2D eigenvalue weighted by Crippen LogP contribution is 2.69. The van der Waals surface area contributed by atoms with Crippen LogP contribution in [-0.2, 0) is 9.47 Å². The number of rotatable bonds is 1. The smallest absolute Gasteiger partial charge is 0.217 e. The maximum atomic E-state index is 10.1. The Kier molecular flexibility index (Phi) is 3.13. The highest BCUT2D eigenvalue weighted by Gasteiger charge is 2.80. The Bertz CT molecular complexity index is 850. The lowest BCUT2D eigenvalue weighted by Crippen LogP contribution is -2.60. The Balaban J connectivity index is 2.01. The molecule has 25 heavy (non-hydrogen) atoms. The second kappa shape index (κ2) is 5.02. The molecule has 3 aliphatic rings. The molecule has 2 bridgehead atoms. The molecule has 1 aromatic heterocycles. The summed E-state index contributed by atoms with van der Waals surface area (Å²) in [6, 6.07) is 9.58. The molecule has 0 unspecified atom stereocenters. The Morgan fingerprint density at radius 1 is 1.12 bits per heavy atom. The van der Waals surface area contributed by atoms with Gasteiger partial charge in [-0.1, -0.05) is 6.42 Å². The van der Waals surface area contributed by atoms with Crippen LogP contribution in [0.25, 0.3) is 0 Å². The molecule has 2 saturated heterocycles. The van der Waals surface area contributed by atoms with Crippen LogP contribution >= 0.6 is 0 Å². The zero-order chi connectivity index (χ0) is 17.7. The molecule has 1 aromatic rings. The SMILES string of the molecule is N#CC1(C#N)[C@@H](c2ccncc2)O[C@@]23CCCC[C@H]2[C@@]1(C#N)C(=N)O3. The van der Waals surface area contributed by atoms with Crippen molar-refractivity contribution in [3.8, 4) is 18.2 Å². The van der Waals surface area contributed by atoms with Gasteiger partial charge < -0.3 is 9.47 Å². The van der Waals surface area contributed by atoms with Crippen molar-refractivity contribution in [2.24, 2.45) is 16.7 Å². The van der Waals surface area contributed by atoms with Crippen LogP contribution in [0, 0.1) is 56.2 Å². The van der Waals surface area contributed by atoms with E-state index in [1.165, 1.54) is 0 Å². The van der Waals surface area contributed by atoms with E-state index in [0.29, 0.717) is 18.4 Å². The van der Waals surface area contributed by atoms with Crippen LogP contribution in [0.5, 0.6) is 0 Å². The molecule has 3 fully saturated rings. The molecule has 0 amide bonds. The van der Waals surface area contributed by atoms with Gasteiger partial charge in [0.15, 0.2) is 5.41 Å². The predicted molar refractivity (Wildman–Crippen MR) is 83.3 cm³/mol. The third-order valence-corrected chi connectivity index (χ3v) is 5.83. The minimum atomic E-state index is -1.86. The molecule has 1 N–H and O–H groups in total. The van der Waals surface area contributed by atoms with Gasteiger partial charge in [0.1, 0.15) is 6.10 Å². The maximum absolute atomic E-state index is 10.1. The second-order valence-corrected chi connectivity index (χ2v) is 6.77. The van der Waals surface area contributed by atoms with E-state index >= 15 is 0 Å². The molecule has 2 aliphatic heterocycles. The summed E-state index contributed by atoms with van der Waals surface area (Å²) in [4.78, 5) is 3.97. The molecule has 7 nitrogen and oxygen atoms in total. The molecule has 0 aromatic carbocycles. The van der Waals surface area contributed by atoms with Gasteiger partial charge in [0, 0.05) is 18.8 Å². The molecule has 0 radical (unpaired) electrons. The third kappa shape index (κ3) is 1.60. The summed E-state index contributed by atoms with van der Waals surface area (Å²) in [5, 5.41) is 38.5. The average molecular weight is 333 g/mol. The summed E-state index contributed by atoms with van der Waals surface area (Å²) in [5.74, 6) is -1.93. The van der Waals surface area contributed by atoms with E-state index in [-0.39, 0.29) is 5.90 Å². The summed E-state index contributed by atoms with van der Waals surface area (Å²) in [7, 11) is 0. The first-order chi connectivity index (χ1) is 12.1. The highest BCUT2D eigenvalue weighted by molar-refractivity contribution is 5.89. The standard InChI is InChI=1S/C18H15N5O2/c19-9-16(10-20)14(12-4-7-23-8-5-12)24-18-6-2-1-3-13(18)17(16,11-21)15(22)25-18/h4-5,7-8,13-14,22H,1-3,6H2/t13-,14+,17-,18+/m0/s1. The van der Waals surface area contributed by atoms with Gasteiger partial charge in [-0.05, 0) is 30.5 Å². The number of hydrogen-bond acceptors (Lipinski definition) is 7. The first-order valence-corrected chi connectivity index (χ1v) is 8.20. The van der Waals surface area contributed by atoms with E-state index in [2.05, 4.69) is 11.1 Å². The number of nitrogens with one attached hydrogen (secondary N) is 1. The number of nitriles is 3. The number of ether oxygens (including phenoxy) is 2. The number of pyridine rings is 1. The van der Waals surface area contributed by atoms with E-state index in [0.717, 1.165) is 12.8 Å². The molecule has 4 atom stereocenters. The first kappa shape index (κ1) is 15.6. The number of hydrogen-bond donors (Lipinski definition) is 1. The van der Waals surface area contributed by atoms with Crippen LogP contribution in [0.15, 0.2) is 24.5 Å². The summed E-state index contributed by atoms with van der Waals surface area (Å²) in [6.45, 7) is 0. The van der Waals surface area contributed by atoms with Gasteiger partial charge in [-0.25, -0.2) is 0 Å². The lowest BCUT2D eigenvalue weighted by atomic mass is 9.51. The van der Waals surface area contributed by atoms with E-state index in [1.54, 1.807) is 24.5 Å². The van der Waals surface area contributed by atoms with Crippen molar-refractivity contribution in [2.75, 3.05) is 0 Å². The van der Waals surface area contributed by atoms with Crippen LogP contribution in [0.2, 0.25) is 0 Å². The van der Waals surface area contributed by atoms with Crippen molar-refractivity contribution in [2.45, 2.75) is 37.6 Å². The molecule has 4 rings (SSSR count). The summed E-state index contributed by atoms with van der Waals surface area (Å²) in [5.41, 5.74) is -2.91. The molecule has 3 heterocycles. The molecule has 1 aliphatic carbocycles. The van der Waals surface area contributed by atoms with E-state index in [1.807, 2.05) is 12.1 Å². The van der Waals surface area contributed by atoms with Crippen LogP contribution < -0.4 is 0 Å². The molecular weight excluding hydrogens is 318 g/mol. The minimum absolute atomic E-state index is 0.318. The predicted octanol–water partition coefficient (Wildman–Crippen LogP) is 2.59. The van der Waals surface area contributed by atoms with E-state index in [4.69, 9.17) is 14.9 Å². The van der Waals surface area contributed by atoms with Gasteiger partial charge in [-0.2, -0.15) is 15.8 Å². The van der Waals surface area contributed by atoms with Crippen LogP contribution in [-0.4, -0.2) is 16.7 Å². The van der Waals surface area contributed by atoms with Crippen molar-refractivity contribution in [3.05, 3.63) is 30.1 Å². The van der Waals surface area contributed by atoms with Crippen molar-refractivity contribution in [3.63, 3.8) is 0 Å². The topological polar surface area (TPSA) is 127 Å². The minimum Gasteiger partial charge on any atom is -0.447 e. The van der Waals surface area contributed by atoms with Gasteiger partial charge >= 0.3 is 0 Å². The molecule has 1 saturated carbocycles. The van der Waals surface area contributed by atoms with Crippen molar-refractivity contribution < 1.29 is 9.47 Å². The van der Waals surface area contributed by atoms with Gasteiger partial charge in [0.05, 0.1) is 24.1 Å². The van der Waals surface area contributed by atoms with Gasteiger partial charge in [0.25, 0.3) is 0 Å². The van der Waals surface area contributed by atoms with Crippen LogP contribution in [0.3, 0.4) is 0 Å². The van der Waals surface area contributed by atoms with Gasteiger partial charge in [-0.3, -0.25) is 10.4 Å². The van der Waals surface area contributed by atoms with Crippen molar-refractivity contribution in [1.82, 2.24) is 4.98 Å². The monoisotopic (exact) mass is 333 g/mol. The maximum Gasteiger partial charge on any atom is 0.217 e. The van der Waals surface area contributed by atoms with E-state index < -0.39 is 28.6 Å². The number of nitrogens with zero attached hydrogens (tertiary/aromatic N) is 4. The normalized spacial score (nSPS) is 37.7. The molecule has 124 valence electrons. The fourth-order valence-corrected chi connectivity index (χ4v) is 4.70. The lowest BCUT2D eigenvalue weighted by molar-refractivity contribution is -0.294. The Labute approximate surface area is 144 Å². The third-order valence-electron chi connectivity index (χ3n) is 5.83. The summed E-state index contributed by atoms with van der Waals surface area (Å²) >= 11 is 0. The fourth-order valence-electron chi connectivity index (χ4n) is 4.70. The largest absolute Gasteiger partial charge is 0.447 e. The van der Waals surface area contributed by atoms with E-state index in [9.17, 15) is 15.8 Å². The molecular formula is C18H15N5O2. The zero-order valence-corrected chi connectivity index (χ0v) is 13.4. The highest BCUT2D eigenvalue weighted by atomic mass is 16.7. The van der Waals surface area contributed by atoms with Gasteiger partial charge in [0.2, 0.25) is 17.1 Å². The van der Waals surface area contributed by atoms with Crippen molar-refractivity contribution in [1.29, 1.82) is 21.2 Å². The zero-order valence-electron chi connectivity index (χ0n) is 13.4.